The predicted octanol–water partition coefficient (Wildman–Crippen LogP) is -1.14. The second-order valence-corrected chi connectivity index (χ2v) is 0.840. The van der Waals surface area contributed by atoms with Crippen LogP contribution in [-0.2, 0) is 4.74 Å². The Bertz CT molecular complexity index is 102. The van der Waals surface area contributed by atoms with E-state index >= 15 is 0 Å². The molecule has 0 aliphatic heterocycles. The van der Waals surface area contributed by atoms with Crippen molar-refractivity contribution in [2.75, 3.05) is 7.11 Å². The molecular formula is C2H3ClN3NaO2. The van der Waals surface area contributed by atoms with Gasteiger partial charge in [0.1, 0.15) is 0 Å². The fourth-order valence-electron chi connectivity index (χ4n) is 0. The number of halogens is 1. The van der Waals surface area contributed by atoms with Crippen molar-refractivity contribution in [2.45, 2.75) is 0 Å². The number of methoxy groups -OCH3 is 1. The summed E-state index contributed by atoms with van der Waals surface area (Å²) in [6.07, 6.45) is 0. The third-order valence-electron chi connectivity index (χ3n) is 0.160. The summed E-state index contributed by atoms with van der Waals surface area (Å²) in [7, 11) is 1.22. The van der Waals surface area contributed by atoms with Gasteiger partial charge < -0.3 is 15.8 Å². The van der Waals surface area contributed by atoms with Crippen molar-refractivity contribution in [1.29, 1.82) is 0 Å². The summed E-state index contributed by atoms with van der Waals surface area (Å²) in [5.74, 6) is 0. The van der Waals surface area contributed by atoms with Crippen LogP contribution in [0, 0.1) is 0 Å². The molecule has 0 unspecified atom stereocenters. The van der Waals surface area contributed by atoms with Gasteiger partial charge in [0.25, 0.3) is 0 Å². The molecule has 0 aromatic carbocycles. The van der Waals surface area contributed by atoms with E-state index in [1.807, 2.05) is 0 Å². The van der Waals surface area contributed by atoms with Gasteiger partial charge in [0, 0.05) is 11.6 Å². The van der Waals surface area contributed by atoms with E-state index in [0.29, 0.717) is 0 Å². The molecule has 0 radical (unpaired) electrons. The quantitative estimate of drug-likeness (QED) is 0.147. The minimum Gasteiger partial charge on any atom is -0.457 e. The van der Waals surface area contributed by atoms with Gasteiger partial charge in [-0.15, -0.1) is 0 Å². The van der Waals surface area contributed by atoms with Crippen molar-refractivity contribution in [2.24, 2.45) is 0 Å². The minimum absolute atomic E-state index is 0. The summed E-state index contributed by atoms with van der Waals surface area (Å²) in [4.78, 5) is 10.9. The van der Waals surface area contributed by atoms with E-state index in [-0.39, 0.29) is 29.6 Å². The van der Waals surface area contributed by atoms with Crippen LogP contribution in [0.4, 0.5) is 4.79 Å². The molecule has 0 aliphatic rings. The number of ether oxygens (including phenoxy) is 1. The van der Waals surface area contributed by atoms with E-state index in [9.17, 15) is 4.79 Å². The van der Waals surface area contributed by atoms with Gasteiger partial charge in [0.15, 0.2) is 0 Å². The fraction of sp³-hybridized carbons (Fsp3) is 0.500. The second-order valence-electron chi connectivity index (χ2n) is 0.531. The molecule has 0 spiro atoms. The van der Waals surface area contributed by atoms with Gasteiger partial charge in [0.2, 0.25) is 0 Å². The first-order chi connectivity index (χ1) is 3.68. The van der Waals surface area contributed by atoms with Crippen LogP contribution < -0.4 is 29.6 Å². The SMILES string of the molecule is COC(=O)Cl.[N-]=[N+]=[N-].[Na+]. The summed E-state index contributed by atoms with van der Waals surface area (Å²) >= 11 is 4.60. The smallest absolute Gasteiger partial charge is 0.457 e. The van der Waals surface area contributed by atoms with Crippen molar-refractivity contribution in [3.8, 4) is 0 Å². The van der Waals surface area contributed by atoms with Crippen LogP contribution in [0.3, 0.4) is 0 Å². The zero-order chi connectivity index (χ0) is 6.99. The van der Waals surface area contributed by atoms with Gasteiger partial charge >= 0.3 is 35.0 Å². The zero-order valence-electron chi connectivity index (χ0n) is 5.04. The third kappa shape index (κ3) is 69.4. The molecule has 0 bridgehead atoms. The van der Waals surface area contributed by atoms with E-state index in [0.717, 1.165) is 0 Å². The Labute approximate surface area is 79.0 Å². The maximum Gasteiger partial charge on any atom is 1.00 e. The third-order valence-corrected chi connectivity index (χ3v) is 0.315. The van der Waals surface area contributed by atoms with E-state index in [2.05, 4.69) is 16.3 Å². The topological polar surface area (TPSA) is 85.0 Å². The van der Waals surface area contributed by atoms with Gasteiger partial charge in [0.05, 0.1) is 7.11 Å². The van der Waals surface area contributed by atoms with Crippen molar-refractivity contribution >= 4 is 17.0 Å². The molecule has 0 rings (SSSR count). The first-order valence-corrected chi connectivity index (χ1v) is 1.78. The number of carbonyl (C=O) groups is 1. The molecule has 0 heterocycles. The average Bonchev–Trinajstić information content (AvgIpc) is 1.69. The summed E-state index contributed by atoms with van der Waals surface area (Å²) in [5, 5.41) is 0. The normalized spacial score (nSPS) is 4.67. The molecule has 0 aromatic rings. The molecule has 0 atom stereocenters. The van der Waals surface area contributed by atoms with E-state index in [1.54, 1.807) is 0 Å². The number of nitrogens with zero attached hydrogens (tertiary/aromatic N) is 3. The largest absolute Gasteiger partial charge is 1.00 e. The van der Waals surface area contributed by atoms with Crippen LogP contribution in [0.5, 0.6) is 0 Å². The van der Waals surface area contributed by atoms with Gasteiger partial charge in [-0.05, 0) is 0 Å². The van der Waals surface area contributed by atoms with Crippen molar-refractivity contribution < 1.29 is 39.1 Å². The van der Waals surface area contributed by atoms with Crippen LogP contribution in [0.25, 0.3) is 16.0 Å². The van der Waals surface area contributed by atoms with Gasteiger partial charge in [-0.2, -0.15) is 0 Å². The molecular weight excluding hydrogens is 156 g/mol. The van der Waals surface area contributed by atoms with Crippen LogP contribution in [0.2, 0.25) is 0 Å². The number of carbonyl (C=O) groups excluding carboxylic acids is 1. The summed E-state index contributed by atoms with van der Waals surface area (Å²) in [6, 6.07) is 0. The van der Waals surface area contributed by atoms with Crippen LogP contribution in [0.1, 0.15) is 0 Å². The fourth-order valence-corrected chi connectivity index (χ4v) is 0. The Hall–Kier alpha value is 0.0700. The number of hydrogen-bond acceptors (Lipinski definition) is 2. The first kappa shape index (κ1) is 16.0. The van der Waals surface area contributed by atoms with Crippen LogP contribution in [-0.4, -0.2) is 12.5 Å². The minimum atomic E-state index is -0.773. The van der Waals surface area contributed by atoms with Crippen molar-refractivity contribution in [3.05, 3.63) is 16.0 Å². The molecule has 46 valence electrons. The summed E-state index contributed by atoms with van der Waals surface area (Å²) < 4.78 is 3.88. The van der Waals surface area contributed by atoms with E-state index < -0.39 is 5.43 Å². The molecule has 0 N–H and O–H groups in total. The molecule has 0 aliphatic carbocycles. The van der Waals surface area contributed by atoms with Crippen molar-refractivity contribution in [3.63, 3.8) is 0 Å². The molecule has 0 saturated carbocycles. The van der Waals surface area contributed by atoms with Gasteiger partial charge in [-0.1, -0.05) is 0 Å². The van der Waals surface area contributed by atoms with Gasteiger partial charge in [-0.3, -0.25) is 4.91 Å². The van der Waals surface area contributed by atoms with Crippen LogP contribution >= 0.6 is 11.6 Å². The monoisotopic (exact) mass is 159 g/mol. The Morgan fingerprint density at radius 1 is 1.67 bits per heavy atom. The average molecular weight is 160 g/mol. The summed E-state index contributed by atoms with van der Waals surface area (Å²) in [6.45, 7) is 0. The molecule has 0 aromatic heterocycles. The predicted molar refractivity (Wildman–Crippen MR) is 28.3 cm³/mol. The van der Waals surface area contributed by atoms with E-state index in [4.69, 9.17) is 11.1 Å². The Balaban J connectivity index is -0.0000000800. The Morgan fingerprint density at radius 3 is 1.78 bits per heavy atom. The van der Waals surface area contributed by atoms with Crippen LogP contribution in [0.15, 0.2) is 0 Å². The molecule has 0 amide bonds. The number of rotatable bonds is 0. The second kappa shape index (κ2) is 15.7. The molecule has 7 heteroatoms. The maximum atomic E-state index is 9.36. The van der Waals surface area contributed by atoms with E-state index in [1.165, 1.54) is 12.0 Å². The molecule has 0 fully saturated rings. The first-order valence-electron chi connectivity index (χ1n) is 1.41. The zero-order valence-corrected chi connectivity index (χ0v) is 7.79. The van der Waals surface area contributed by atoms with Gasteiger partial charge in [-0.25, -0.2) is 4.79 Å². The molecule has 0 saturated heterocycles. The Morgan fingerprint density at radius 2 is 1.78 bits per heavy atom. The maximum absolute atomic E-state index is 9.36. The standard InChI is InChI=1S/C2H3ClO2.N3.Na/c1-5-2(3)4;1-3-2;/h1H3;;/q;-1;+1. The summed E-state index contributed by atoms with van der Waals surface area (Å²) in [5.41, 5.74) is 12.7. The Kier molecular flexibility index (Phi) is 28.0. The number of hydrogen-bond donors (Lipinski definition) is 0. The molecule has 5 nitrogen and oxygen atoms in total. The molecule has 9 heavy (non-hydrogen) atoms. The van der Waals surface area contributed by atoms with Crippen molar-refractivity contribution in [1.82, 2.24) is 0 Å².